The van der Waals surface area contributed by atoms with Gasteiger partial charge in [-0.2, -0.15) is 0 Å². The van der Waals surface area contributed by atoms with Gasteiger partial charge in [-0.15, -0.1) is 10.2 Å². The summed E-state index contributed by atoms with van der Waals surface area (Å²) >= 11 is 1.22. The van der Waals surface area contributed by atoms with Gasteiger partial charge in [0.1, 0.15) is 10.8 Å². The quantitative estimate of drug-likeness (QED) is 0.877. The summed E-state index contributed by atoms with van der Waals surface area (Å²) in [6.07, 6.45) is 1.79. The number of aromatic nitrogens is 2. The van der Waals surface area contributed by atoms with E-state index in [2.05, 4.69) is 20.8 Å². The Balaban J connectivity index is 1.66. The molecule has 1 atom stereocenters. The van der Waals surface area contributed by atoms with E-state index in [4.69, 9.17) is 0 Å². The molecular weight excluding hydrogens is 345 g/mol. The third-order valence-corrected chi connectivity index (χ3v) is 5.09. The van der Waals surface area contributed by atoms with E-state index in [1.165, 1.54) is 35.6 Å². The highest BCUT2D eigenvalue weighted by Crippen LogP contribution is 2.29. The molecule has 2 aromatic rings. The number of carbonyl (C=O) groups excluding carboxylic acids is 2. The zero-order valence-corrected chi connectivity index (χ0v) is 14.5. The SMILES string of the molecule is CNC(=O)N1CCCC(c2nnc(C(=O)Nc3ccc(F)cc3)s2)C1. The minimum Gasteiger partial charge on any atom is -0.341 e. The zero-order valence-electron chi connectivity index (χ0n) is 13.7. The van der Waals surface area contributed by atoms with Gasteiger partial charge >= 0.3 is 6.03 Å². The summed E-state index contributed by atoms with van der Waals surface area (Å²) < 4.78 is 12.9. The van der Waals surface area contributed by atoms with Crippen LogP contribution in [0.25, 0.3) is 0 Å². The molecule has 1 fully saturated rings. The second-order valence-corrected chi connectivity index (χ2v) is 6.76. The number of amides is 3. The number of nitrogens with one attached hydrogen (secondary N) is 2. The normalized spacial score (nSPS) is 17.2. The molecule has 1 aromatic heterocycles. The first-order valence-corrected chi connectivity index (χ1v) is 8.75. The maximum atomic E-state index is 12.9. The smallest absolute Gasteiger partial charge is 0.317 e. The van der Waals surface area contributed by atoms with Gasteiger partial charge in [0.05, 0.1) is 0 Å². The Morgan fingerprint density at radius 2 is 2.04 bits per heavy atom. The van der Waals surface area contributed by atoms with Crippen molar-refractivity contribution >= 4 is 29.0 Å². The number of halogens is 1. The van der Waals surface area contributed by atoms with Crippen LogP contribution in [0.4, 0.5) is 14.9 Å². The van der Waals surface area contributed by atoms with E-state index in [-0.39, 0.29) is 28.7 Å². The van der Waals surface area contributed by atoms with Crippen LogP contribution in [0.5, 0.6) is 0 Å². The molecule has 25 heavy (non-hydrogen) atoms. The van der Waals surface area contributed by atoms with Gasteiger partial charge in [-0.25, -0.2) is 9.18 Å². The number of urea groups is 1. The van der Waals surface area contributed by atoms with Crippen LogP contribution in [-0.4, -0.2) is 47.2 Å². The van der Waals surface area contributed by atoms with E-state index >= 15 is 0 Å². The molecule has 1 aromatic carbocycles. The second-order valence-electron chi connectivity index (χ2n) is 5.75. The number of piperidine rings is 1. The zero-order chi connectivity index (χ0) is 17.8. The summed E-state index contributed by atoms with van der Waals surface area (Å²) in [6.45, 7) is 1.28. The highest BCUT2D eigenvalue weighted by Gasteiger charge is 2.27. The van der Waals surface area contributed by atoms with Gasteiger partial charge in [0, 0.05) is 31.7 Å². The van der Waals surface area contributed by atoms with E-state index in [1.54, 1.807) is 11.9 Å². The molecule has 2 heterocycles. The summed E-state index contributed by atoms with van der Waals surface area (Å²) in [5.74, 6) is -0.667. The van der Waals surface area contributed by atoms with Crippen LogP contribution in [-0.2, 0) is 0 Å². The van der Waals surface area contributed by atoms with Crippen LogP contribution in [0.2, 0.25) is 0 Å². The maximum absolute atomic E-state index is 12.9. The molecule has 7 nitrogen and oxygen atoms in total. The third-order valence-electron chi connectivity index (χ3n) is 4.01. The fraction of sp³-hybridized carbons (Fsp3) is 0.375. The number of likely N-dealkylation sites (tertiary alicyclic amines) is 1. The molecule has 0 spiro atoms. The summed E-state index contributed by atoms with van der Waals surface area (Å²) in [7, 11) is 1.61. The molecule has 3 rings (SSSR count). The van der Waals surface area contributed by atoms with Gasteiger partial charge < -0.3 is 15.5 Å². The van der Waals surface area contributed by atoms with Crippen molar-refractivity contribution in [1.82, 2.24) is 20.4 Å². The topological polar surface area (TPSA) is 87.2 Å². The van der Waals surface area contributed by atoms with Crippen LogP contribution in [0.15, 0.2) is 24.3 Å². The van der Waals surface area contributed by atoms with E-state index in [1.807, 2.05) is 0 Å². The summed E-state index contributed by atoms with van der Waals surface area (Å²) in [5, 5.41) is 14.4. The number of carbonyl (C=O) groups is 2. The van der Waals surface area contributed by atoms with Gasteiger partial charge in [-0.05, 0) is 37.1 Å². The molecule has 0 saturated carbocycles. The Morgan fingerprint density at radius 3 is 2.76 bits per heavy atom. The van der Waals surface area contributed by atoms with Gasteiger partial charge in [0.15, 0.2) is 0 Å². The number of nitrogens with zero attached hydrogens (tertiary/aromatic N) is 3. The lowest BCUT2D eigenvalue weighted by atomic mass is 9.99. The van der Waals surface area contributed by atoms with Crippen LogP contribution >= 0.6 is 11.3 Å². The highest BCUT2D eigenvalue weighted by atomic mass is 32.1. The van der Waals surface area contributed by atoms with E-state index in [0.717, 1.165) is 17.8 Å². The number of benzene rings is 1. The van der Waals surface area contributed by atoms with Crippen molar-refractivity contribution < 1.29 is 14.0 Å². The minimum atomic E-state index is -0.380. The van der Waals surface area contributed by atoms with Crippen molar-refractivity contribution in [2.24, 2.45) is 0 Å². The maximum Gasteiger partial charge on any atom is 0.317 e. The van der Waals surface area contributed by atoms with E-state index in [0.29, 0.717) is 18.8 Å². The lowest BCUT2D eigenvalue weighted by Gasteiger charge is -2.31. The molecule has 9 heteroatoms. The van der Waals surface area contributed by atoms with Crippen molar-refractivity contribution in [1.29, 1.82) is 0 Å². The molecule has 132 valence electrons. The predicted octanol–water partition coefficient (Wildman–Crippen LogP) is 2.45. The van der Waals surface area contributed by atoms with Crippen molar-refractivity contribution in [3.8, 4) is 0 Å². The number of anilines is 1. The highest BCUT2D eigenvalue weighted by molar-refractivity contribution is 7.13. The fourth-order valence-corrected chi connectivity index (χ4v) is 3.59. The lowest BCUT2D eigenvalue weighted by Crippen LogP contribution is -2.43. The van der Waals surface area contributed by atoms with Gasteiger partial charge in [-0.3, -0.25) is 4.79 Å². The average Bonchev–Trinajstić information content (AvgIpc) is 3.13. The Labute approximate surface area is 148 Å². The van der Waals surface area contributed by atoms with Crippen LogP contribution < -0.4 is 10.6 Å². The number of hydrogen-bond donors (Lipinski definition) is 2. The van der Waals surface area contributed by atoms with Gasteiger partial charge in [0.25, 0.3) is 5.91 Å². The summed E-state index contributed by atoms with van der Waals surface area (Å²) in [6, 6.07) is 5.41. The number of rotatable bonds is 3. The van der Waals surface area contributed by atoms with Crippen molar-refractivity contribution in [2.45, 2.75) is 18.8 Å². The Morgan fingerprint density at radius 1 is 1.28 bits per heavy atom. The standard InChI is InChI=1S/C16H18FN5O2S/c1-18-16(24)22-8-2-3-10(9-22)14-20-21-15(25-14)13(23)19-12-6-4-11(17)5-7-12/h4-7,10H,2-3,8-9H2,1H3,(H,18,24)(H,19,23). The molecule has 0 bridgehead atoms. The molecule has 1 aliphatic rings. The average molecular weight is 363 g/mol. The fourth-order valence-electron chi connectivity index (χ4n) is 2.73. The summed E-state index contributed by atoms with van der Waals surface area (Å²) in [5.41, 5.74) is 0.492. The minimum absolute atomic E-state index is 0.0796. The van der Waals surface area contributed by atoms with E-state index in [9.17, 15) is 14.0 Å². The van der Waals surface area contributed by atoms with Gasteiger partial charge in [0.2, 0.25) is 5.01 Å². The molecule has 3 amide bonds. The predicted molar refractivity (Wildman–Crippen MR) is 92.3 cm³/mol. The Hall–Kier alpha value is -2.55. The number of hydrogen-bond acceptors (Lipinski definition) is 5. The Bertz CT molecular complexity index is 764. The third kappa shape index (κ3) is 4.11. The van der Waals surface area contributed by atoms with Gasteiger partial charge in [-0.1, -0.05) is 11.3 Å². The first-order valence-electron chi connectivity index (χ1n) is 7.94. The van der Waals surface area contributed by atoms with Crippen LogP contribution in [0, 0.1) is 5.82 Å². The van der Waals surface area contributed by atoms with Crippen molar-refractivity contribution in [3.63, 3.8) is 0 Å². The molecule has 1 saturated heterocycles. The van der Waals surface area contributed by atoms with E-state index < -0.39 is 0 Å². The molecule has 0 radical (unpaired) electrons. The largest absolute Gasteiger partial charge is 0.341 e. The molecule has 1 aliphatic heterocycles. The molecule has 0 aliphatic carbocycles. The first kappa shape index (κ1) is 17.3. The van der Waals surface area contributed by atoms with Crippen molar-refractivity contribution in [3.05, 3.63) is 40.1 Å². The van der Waals surface area contributed by atoms with Crippen LogP contribution in [0.1, 0.15) is 33.6 Å². The molecule has 1 unspecified atom stereocenters. The second kappa shape index (κ2) is 7.56. The monoisotopic (exact) mass is 363 g/mol. The Kier molecular flexibility index (Phi) is 5.22. The molecule has 2 N–H and O–H groups in total. The lowest BCUT2D eigenvalue weighted by molar-refractivity contribution is 0.102. The molecular formula is C16H18FN5O2S. The van der Waals surface area contributed by atoms with Crippen LogP contribution in [0.3, 0.4) is 0 Å². The summed E-state index contributed by atoms with van der Waals surface area (Å²) in [4.78, 5) is 25.8. The van der Waals surface area contributed by atoms with Crippen molar-refractivity contribution in [2.75, 3.05) is 25.5 Å². The first-order chi connectivity index (χ1) is 12.1.